The van der Waals surface area contributed by atoms with Crippen molar-refractivity contribution in [3.63, 3.8) is 0 Å². The van der Waals surface area contributed by atoms with Gasteiger partial charge in [0.05, 0.1) is 27.6 Å². The van der Waals surface area contributed by atoms with Gasteiger partial charge in [0, 0.05) is 5.56 Å². The van der Waals surface area contributed by atoms with Gasteiger partial charge in [0.1, 0.15) is 23.1 Å². The van der Waals surface area contributed by atoms with Crippen LogP contribution in [0.1, 0.15) is 5.56 Å². The molecule has 7 nitrogen and oxygen atoms in total. The van der Waals surface area contributed by atoms with Gasteiger partial charge in [-0.2, -0.15) is 5.26 Å². The Bertz CT molecular complexity index is 950. The molecule has 0 saturated heterocycles. The number of benzene rings is 1. The molecule has 0 amide bonds. The highest BCUT2D eigenvalue weighted by atomic mass is 16.5. The predicted molar refractivity (Wildman–Crippen MR) is 96.2 cm³/mol. The first kappa shape index (κ1) is 17.2. The summed E-state index contributed by atoms with van der Waals surface area (Å²) in [4.78, 5) is 4.27. The summed E-state index contributed by atoms with van der Waals surface area (Å²) in [5, 5.41) is 9.56. The van der Waals surface area contributed by atoms with E-state index in [1.807, 2.05) is 0 Å². The summed E-state index contributed by atoms with van der Waals surface area (Å²) in [6.45, 7) is 0. The second kappa shape index (κ2) is 7.07. The molecule has 132 valence electrons. The van der Waals surface area contributed by atoms with E-state index in [2.05, 4.69) is 11.1 Å². The molecule has 0 fully saturated rings. The van der Waals surface area contributed by atoms with Crippen LogP contribution >= 0.6 is 0 Å². The first-order valence-corrected chi connectivity index (χ1v) is 7.67. The lowest BCUT2D eigenvalue weighted by Crippen LogP contribution is -2.01. The van der Waals surface area contributed by atoms with Gasteiger partial charge in [-0.25, -0.2) is 4.98 Å². The summed E-state index contributed by atoms with van der Waals surface area (Å²) in [7, 11) is 4.59. The quantitative estimate of drug-likeness (QED) is 0.750. The number of pyridine rings is 1. The van der Waals surface area contributed by atoms with E-state index < -0.39 is 0 Å². The molecule has 7 heteroatoms. The number of aromatic nitrogens is 1. The molecule has 0 aliphatic heterocycles. The average Bonchev–Trinajstić information content (AvgIpc) is 3.20. The van der Waals surface area contributed by atoms with Gasteiger partial charge in [-0.15, -0.1) is 0 Å². The summed E-state index contributed by atoms with van der Waals surface area (Å²) < 4.78 is 21.5. The largest absolute Gasteiger partial charge is 0.493 e. The monoisotopic (exact) mass is 351 g/mol. The van der Waals surface area contributed by atoms with Gasteiger partial charge in [-0.05, 0) is 35.9 Å². The van der Waals surface area contributed by atoms with Crippen LogP contribution in [0, 0.1) is 11.3 Å². The number of furan rings is 1. The molecule has 0 spiro atoms. The van der Waals surface area contributed by atoms with Gasteiger partial charge < -0.3 is 24.4 Å². The fraction of sp³-hybridized carbons (Fsp3) is 0.158. The normalized spacial score (nSPS) is 10.2. The van der Waals surface area contributed by atoms with E-state index in [0.29, 0.717) is 39.8 Å². The van der Waals surface area contributed by atoms with Crippen molar-refractivity contribution in [3.8, 4) is 45.9 Å². The average molecular weight is 351 g/mol. The number of nitrogens with two attached hydrogens (primary N) is 1. The molecule has 26 heavy (non-hydrogen) atoms. The molecule has 0 radical (unpaired) electrons. The third-order valence-corrected chi connectivity index (χ3v) is 3.91. The van der Waals surface area contributed by atoms with Crippen molar-refractivity contribution in [1.82, 2.24) is 4.98 Å². The van der Waals surface area contributed by atoms with Crippen molar-refractivity contribution in [1.29, 1.82) is 5.26 Å². The Balaban J connectivity index is 2.28. The number of nitrogens with zero attached hydrogens (tertiary/aromatic N) is 2. The van der Waals surface area contributed by atoms with Crippen molar-refractivity contribution in [3.05, 3.63) is 42.2 Å². The molecule has 3 rings (SSSR count). The highest BCUT2D eigenvalue weighted by molar-refractivity contribution is 5.81. The highest BCUT2D eigenvalue weighted by Crippen LogP contribution is 2.42. The maximum absolute atomic E-state index is 9.56. The second-order valence-corrected chi connectivity index (χ2v) is 5.32. The highest BCUT2D eigenvalue weighted by Gasteiger charge is 2.19. The smallest absolute Gasteiger partial charge is 0.203 e. The van der Waals surface area contributed by atoms with E-state index in [0.717, 1.165) is 0 Å². The van der Waals surface area contributed by atoms with Gasteiger partial charge in [-0.3, -0.25) is 0 Å². The number of nitriles is 1. The van der Waals surface area contributed by atoms with E-state index in [4.69, 9.17) is 24.4 Å². The van der Waals surface area contributed by atoms with Crippen LogP contribution in [0.3, 0.4) is 0 Å². The topological polar surface area (TPSA) is 104 Å². The third-order valence-electron chi connectivity index (χ3n) is 3.91. The molecule has 2 heterocycles. The zero-order valence-corrected chi connectivity index (χ0v) is 14.6. The fourth-order valence-corrected chi connectivity index (χ4v) is 2.70. The predicted octanol–water partition coefficient (Wildman–Crippen LogP) is 3.49. The summed E-state index contributed by atoms with van der Waals surface area (Å²) >= 11 is 0. The Morgan fingerprint density at radius 1 is 1.08 bits per heavy atom. The van der Waals surface area contributed by atoms with Gasteiger partial charge in [0.15, 0.2) is 17.3 Å². The molecule has 3 aromatic rings. The Labute approximate surface area is 150 Å². The SMILES string of the molecule is COc1cc(-c2cc(-c3ccco3)nc(N)c2C#N)cc(OC)c1OC. The second-order valence-electron chi connectivity index (χ2n) is 5.32. The van der Waals surface area contributed by atoms with E-state index >= 15 is 0 Å². The Morgan fingerprint density at radius 2 is 1.77 bits per heavy atom. The van der Waals surface area contributed by atoms with Crippen LogP contribution in [0.4, 0.5) is 5.82 Å². The molecule has 0 unspecified atom stereocenters. The number of anilines is 1. The summed E-state index contributed by atoms with van der Waals surface area (Å²) in [6, 6.07) is 10.9. The number of ether oxygens (including phenoxy) is 3. The van der Waals surface area contributed by atoms with Crippen molar-refractivity contribution in [2.75, 3.05) is 27.1 Å². The zero-order chi connectivity index (χ0) is 18.7. The molecular formula is C19H17N3O4. The van der Waals surface area contributed by atoms with Gasteiger partial charge >= 0.3 is 0 Å². The van der Waals surface area contributed by atoms with Crippen molar-refractivity contribution in [2.24, 2.45) is 0 Å². The molecule has 0 aliphatic carbocycles. The number of hydrogen-bond donors (Lipinski definition) is 1. The van der Waals surface area contributed by atoms with Gasteiger partial charge in [-0.1, -0.05) is 0 Å². The molecule has 1 aromatic carbocycles. The molecule has 0 bridgehead atoms. The van der Waals surface area contributed by atoms with Crippen LogP contribution in [-0.4, -0.2) is 26.3 Å². The Hall–Kier alpha value is -3.66. The Kier molecular flexibility index (Phi) is 4.67. The molecule has 0 aliphatic rings. The maximum atomic E-state index is 9.56. The third kappa shape index (κ3) is 2.89. The molecule has 2 aromatic heterocycles. The lowest BCUT2D eigenvalue weighted by molar-refractivity contribution is 0.324. The lowest BCUT2D eigenvalue weighted by atomic mass is 9.99. The Morgan fingerprint density at radius 3 is 2.27 bits per heavy atom. The number of methoxy groups -OCH3 is 3. The molecule has 0 atom stereocenters. The van der Waals surface area contributed by atoms with Crippen molar-refractivity contribution in [2.45, 2.75) is 0 Å². The van der Waals surface area contributed by atoms with Crippen molar-refractivity contribution >= 4 is 5.82 Å². The minimum atomic E-state index is 0.116. The van der Waals surface area contributed by atoms with E-state index in [1.54, 1.807) is 36.6 Å². The van der Waals surface area contributed by atoms with E-state index in [-0.39, 0.29) is 11.4 Å². The fourth-order valence-electron chi connectivity index (χ4n) is 2.70. The summed E-state index contributed by atoms with van der Waals surface area (Å²) in [5.74, 6) is 2.08. The van der Waals surface area contributed by atoms with Crippen LogP contribution in [-0.2, 0) is 0 Å². The number of rotatable bonds is 5. The lowest BCUT2D eigenvalue weighted by Gasteiger charge is -2.15. The van der Waals surface area contributed by atoms with Gasteiger partial charge in [0.2, 0.25) is 5.75 Å². The summed E-state index contributed by atoms with van der Waals surface area (Å²) in [5.41, 5.74) is 8.06. The first-order chi connectivity index (χ1) is 12.6. The number of nitrogen functional groups attached to an aromatic ring is 1. The van der Waals surface area contributed by atoms with Crippen LogP contribution in [0.25, 0.3) is 22.6 Å². The van der Waals surface area contributed by atoms with E-state index in [9.17, 15) is 5.26 Å². The first-order valence-electron chi connectivity index (χ1n) is 7.67. The van der Waals surface area contributed by atoms with Crippen LogP contribution in [0.15, 0.2) is 41.0 Å². The summed E-state index contributed by atoms with van der Waals surface area (Å²) in [6.07, 6.45) is 1.55. The van der Waals surface area contributed by atoms with Crippen LogP contribution in [0.5, 0.6) is 17.2 Å². The van der Waals surface area contributed by atoms with Gasteiger partial charge in [0.25, 0.3) is 0 Å². The van der Waals surface area contributed by atoms with Crippen molar-refractivity contribution < 1.29 is 18.6 Å². The standard InChI is InChI=1S/C19H17N3O4/c1-23-16-7-11(8-17(24-2)18(16)25-3)12-9-14(15-5-4-6-26-15)22-19(21)13(12)10-20/h4-9H,1-3H3,(H2,21,22). The minimum Gasteiger partial charge on any atom is -0.493 e. The van der Waals surface area contributed by atoms with Crippen LogP contribution < -0.4 is 19.9 Å². The van der Waals surface area contributed by atoms with Crippen LogP contribution in [0.2, 0.25) is 0 Å². The minimum absolute atomic E-state index is 0.116. The van der Waals surface area contributed by atoms with E-state index in [1.165, 1.54) is 21.3 Å². The number of hydrogen-bond acceptors (Lipinski definition) is 7. The molecule has 2 N–H and O–H groups in total. The molecule has 0 saturated carbocycles. The molecular weight excluding hydrogens is 334 g/mol. The zero-order valence-electron chi connectivity index (χ0n) is 14.6. The maximum Gasteiger partial charge on any atom is 0.203 e.